The molecule has 1 heteroatoms. The van der Waals surface area contributed by atoms with Gasteiger partial charge < -0.3 is 5.32 Å². The summed E-state index contributed by atoms with van der Waals surface area (Å²) in [5.74, 6) is 3.02. The van der Waals surface area contributed by atoms with Crippen LogP contribution >= 0.6 is 0 Å². The summed E-state index contributed by atoms with van der Waals surface area (Å²) in [5.41, 5.74) is 5.93. The van der Waals surface area contributed by atoms with E-state index in [-0.39, 0.29) is 0 Å². The average Bonchev–Trinajstić information content (AvgIpc) is 3.12. The Bertz CT molecular complexity index is 456. The number of likely N-dealkylation sites (N-methyl/N-ethyl adjacent to an activating group) is 1. The van der Waals surface area contributed by atoms with Gasteiger partial charge in [0.05, 0.1) is 0 Å². The molecule has 0 amide bonds. The Morgan fingerprint density at radius 2 is 1.60 bits per heavy atom. The van der Waals surface area contributed by atoms with Gasteiger partial charge in [-0.1, -0.05) is 30.5 Å². The number of benzene rings is 1. The summed E-state index contributed by atoms with van der Waals surface area (Å²) >= 11 is 0. The average molecular weight is 271 g/mol. The standard InChI is InChI=1S/C19H29N/c1-12-9-13(2)17(14(3)10-12)11-18(20-4)19-15-7-5-6-8-16(15)19/h9-10,15-16,18-20H,5-8,11H2,1-4H3. The molecule has 0 bridgehead atoms. The van der Waals surface area contributed by atoms with E-state index in [9.17, 15) is 0 Å². The topological polar surface area (TPSA) is 12.0 Å². The van der Waals surface area contributed by atoms with Gasteiger partial charge in [0.25, 0.3) is 0 Å². The van der Waals surface area contributed by atoms with Crippen molar-refractivity contribution in [1.82, 2.24) is 5.32 Å². The third kappa shape index (κ3) is 2.53. The lowest BCUT2D eigenvalue weighted by molar-refractivity contribution is 0.458. The van der Waals surface area contributed by atoms with Crippen LogP contribution in [0.4, 0.5) is 0 Å². The van der Waals surface area contributed by atoms with Crippen LogP contribution in [0.2, 0.25) is 0 Å². The van der Waals surface area contributed by atoms with E-state index >= 15 is 0 Å². The molecule has 2 aliphatic rings. The molecular formula is C19H29N. The zero-order chi connectivity index (χ0) is 14.3. The van der Waals surface area contributed by atoms with Crippen LogP contribution in [0.25, 0.3) is 0 Å². The summed E-state index contributed by atoms with van der Waals surface area (Å²) in [6, 6.07) is 5.37. The number of hydrogen-bond acceptors (Lipinski definition) is 1. The van der Waals surface area contributed by atoms with Crippen molar-refractivity contribution in [3.8, 4) is 0 Å². The Morgan fingerprint density at radius 3 is 2.10 bits per heavy atom. The molecule has 3 unspecified atom stereocenters. The van der Waals surface area contributed by atoms with Crippen molar-refractivity contribution in [2.75, 3.05) is 7.05 Å². The van der Waals surface area contributed by atoms with Crippen molar-refractivity contribution in [3.63, 3.8) is 0 Å². The number of aryl methyl sites for hydroxylation is 3. The summed E-state index contributed by atoms with van der Waals surface area (Å²) in [5, 5.41) is 3.64. The number of fused-ring (bicyclic) bond motifs is 1. The van der Waals surface area contributed by atoms with Gasteiger partial charge in [-0.15, -0.1) is 0 Å². The van der Waals surface area contributed by atoms with Crippen molar-refractivity contribution in [2.24, 2.45) is 17.8 Å². The van der Waals surface area contributed by atoms with Gasteiger partial charge in [0, 0.05) is 6.04 Å². The van der Waals surface area contributed by atoms with Gasteiger partial charge >= 0.3 is 0 Å². The maximum Gasteiger partial charge on any atom is 0.0138 e. The zero-order valence-electron chi connectivity index (χ0n) is 13.5. The number of hydrogen-bond donors (Lipinski definition) is 1. The van der Waals surface area contributed by atoms with Crippen LogP contribution in [-0.2, 0) is 6.42 Å². The molecule has 2 saturated carbocycles. The molecule has 1 N–H and O–H groups in total. The summed E-state index contributed by atoms with van der Waals surface area (Å²) in [6.07, 6.45) is 7.12. The molecular weight excluding hydrogens is 242 g/mol. The fraction of sp³-hybridized carbons (Fsp3) is 0.684. The summed E-state index contributed by atoms with van der Waals surface area (Å²) < 4.78 is 0. The van der Waals surface area contributed by atoms with E-state index < -0.39 is 0 Å². The second-order valence-electron chi connectivity index (χ2n) is 7.17. The van der Waals surface area contributed by atoms with E-state index in [1.54, 1.807) is 5.56 Å². The van der Waals surface area contributed by atoms with E-state index in [0.717, 1.165) is 17.8 Å². The van der Waals surface area contributed by atoms with Gasteiger partial charge in [-0.25, -0.2) is 0 Å². The second kappa shape index (κ2) is 5.52. The minimum absolute atomic E-state index is 0.684. The lowest BCUT2D eigenvalue weighted by Crippen LogP contribution is -2.31. The molecule has 2 fully saturated rings. The molecule has 20 heavy (non-hydrogen) atoms. The predicted molar refractivity (Wildman–Crippen MR) is 86.1 cm³/mol. The van der Waals surface area contributed by atoms with Gasteiger partial charge in [0.2, 0.25) is 0 Å². The normalized spacial score (nSPS) is 29.9. The fourth-order valence-electron chi connectivity index (χ4n) is 4.83. The fourth-order valence-corrected chi connectivity index (χ4v) is 4.83. The third-order valence-electron chi connectivity index (χ3n) is 5.82. The van der Waals surface area contributed by atoms with Crippen molar-refractivity contribution in [2.45, 2.75) is 58.9 Å². The largest absolute Gasteiger partial charge is 0.316 e. The molecule has 1 nitrogen and oxygen atoms in total. The molecule has 3 atom stereocenters. The summed E-state index contributed by atoms with van der Waals surface area (Å²) in [7, 11) is 2.16. The number of rotatable bonds is 4. The Morgan fingerprint density at radius 1 is 1.05 bits per heavy atom. The van der Waals surface area contributed by atoms with Gasteiger partial charge in [-0.05, 0) is 81.5 Å². The minimum atomic E-state index is 0.684. The van der Waals surface area contributed by atoms with Crippen molar-refractivity contribution in [3.05, 3.63) is 34.4 Å². The molecule has 1 aromatic rings. The van der Waals surface area contributed by atoms with Gasteiger partial charge in [-0.2, -0.15) is 0 Å². The van der Waals surface area contributed by atoms with Gasteiger partial charge in [-0.3, -0.25) is 0 Å². The Balaban J connectivity index is 1.76. The summed E-state index contributed by atoms with van der Waals surface area (Å²) in [6.45, 7) is 6.76. The molecule has 0 aromatic heterocycles. The van der Waals surface area contributed by atoms with Crippen LogP contribution in [-0.4, -0.2) is 13.1 Å². The van der Waals surface area contributed by atoms with Crippen LogP contribution in [0.15, 0.2) is 12.1 Å². The zero-order valence-corrected chi connectivity index (χ0v) is 13.5. The summed E-state index contributed by atoms with van der Waals surface area (Å²) in [4.78, 5) is 0. The van der Waals surface area contributed by atoms with Crippen LogP contribution < -0.4 is 5.32 Å². The highest BCUT2D eigenvalue weighted by molar-refractivity contribution is 5.38. The lowest BCUT2D eigenvalue weighted by Gasteiger charge is -2.20. The maximum atomic E-state index is 3.64. The Labute approximate surface area is 124 Å². The first-order valence-electron chi connectivity index (χ1n) is 8.36. The Hall–Kier alpha value is -0.820. The first kappa shape index (κ1) is 14.1. The van der Waals surface area contributed by atoms with Gasteiger partial charge in [0.1, 0.15) is 0 Å². The first-order chi connectivity index (χ1) is 9.61. The predicted octanol–water partition coefficient (Wildman–Crippen LogP) is 4.18. The molecule has 0 heterocycles. The van der Waals surface area contributed by atoms with Crippen molar-refractivity contribution < 1.29 is 0 Å². The van der Waals surface area contributed by atoms with E-state index in [1.165, 1.54) is 48.8 Å². The number of nitrogens with one attached hydrogen (secondary N) is 1. The minimum Gasteiger partial charge on any atom is -0.316 e. The quantitative estimate of drug-likeness (QED) is 0.866. The van der Waals surface area contributed by atoms with Crippen LogP contribution in [0.5, 0.6) is 0 Å². The molecule has 0 saturated heterocycles. The molecule has 0 spiro atoms. The van der Waals surface area contributed by atoms with E-state index in [4.69, 9.17) is 0 Å². The van der Waals surface area contributed by atoms with Crippen molar-refractivity contribution in [1.29, 1.82) is 0 Å². The molecule has 0 aliphatic heterocycles. The molecule has 2 aliphatic carbocycles. The van der Waals surface area contributed by atoms with E-state index in [1.807, 2.05) is 0 Å². The molecule has 0 radical (unpaired) electrons. The Kier molecular flexibility index (Phi) is 3.90. The lowest BCUT2D eigenvalue weighted by atomic mass is 9.92. The maximum absolute atomic E-state index is 3.64. The van der Waals surface area contributed by atoms with E-state index in [2.05, 4.69) is 45.3 Å². The highest BCUT2D eigenvalue weighted by atomic mass is 14.9. The van der Waals surface area contributed by atoms with Crippen LogP contribution in [0, 0.1) is 38.5 Å². The first-order valence-corrected chi connectivity index (χ1v) is 8.36. The van der Waals surface area contributed by atoms with Crippen LogP contribution in [0.3, 0.4) is 0 Å². The SMILES string of the molecule is CNC(Cc1c(C)cc(C)cc1C)C1C2CCCCC21. The third-order valence-corrected chi connectivity index (χ3v) is 5.82. The highest BCUT2D eigenvalue weighted by Gasteiger charge is 2.53. The van der Waals surface area contributed by atoms with Crippen molar-refractivity contribution >= 4 is 0 Å². The monoisotopic (exact) mass is 271 g/mol. The van der Waals surface area contributed by atoms with Crippen LogP contribution in [0.1, 0.15) is 47.9 Å². The van der Waals surface area contributed by atoms with Gasteiger partial charge in [0.15, 0.2) is 0 Å². The second-order valence-corrected chi connectivity index (χ2v) is 7.17. The highest BCUT2D eigenvalue weighted by Crippen LogP contribution is 2.57. The molecule has 3 rings (SSSR count). The van der Waals surface area contributed by atoms with E-state index in [0.29, 0.717) is 6.04 Å². The molecule has 1 aromatic carbocycles. The smallest absolute Gasteiger partial charge is 0.0138 e. The molecule has 110 valence electrons.